The van der Waals surface area contributed by atoms with Crippen molar-refractivity contribution in [3.63, 3.8) is 0 Å². The van der Waals surface area contributed by atoms with Gasteiger partial charge >= 0.3 is 5.97 Å². The number of hydrogen-bond donors (Lipinski definition) is 0. The fraction of sp³-hybridized carbons (Fsp3) is 0.267. The van der Waals surface area contributed by atoms with Crippen molar-refractivity contribution in [2.24, 2.45) is 5.10 Å². The molecule has 5 aromatic carbocycles. The zero-order valence-corrected chi connectivity index (χ0v) is 34.0. The normalized spacial score (nSPS) is 11.3. The van der Waals surface area contributed by atoms with Gasteiger partial charge in [-0.1, -0.05) is 97.5 Å². The highest BCUT2D eigenvalue weighted by molar-refractivity contribution is 7.22. The number of anilines is 1. The molecule has 0 saturated carbocycles. The number of hydrazone groups is 1. The van der Waals surface area contributed by atoms with E-state index in [1.165, 1.54) is 16.9 Å². The van der Waals surface area contributed by atoms with Crippen LogP contribution in [0.3, 0.4) is 0 Å². The first-order valence-electron chi connectivity index (χ1n) is 18.9. The van der Waals surface area contributed by atoms with Crippen molar-refractivity contribution in [3.8, 4) is 17.2 Å². The molecule has 302 valence electrons. The third kappa shape index (κ3) is 11.3. The van der Waals surface area contributed by atoms with Crippen LogP contribution >= 0.6 is 22.9 Å². The van der Waals surface area contributed by atoms with Gasteiger partial charge in [-0.2, -0.15) is 5.10 Å². The molecule has 13 heteroatoms. The van der Waals surface area contributed by atoms with Crippen LogP contribution in [0.25, 0.3) is 21.0 Å². The fourth-order valence-electron chi connectivity index (χ4n) is 5.85. The van der Waals surface area contributed by atoms with Crippen LogP contribution in [-0.4, -0.2) is 57.4 Å². The van der Waals surface area contributed by atoms with E-state index in [0.717, 1.165) is 40.3 Å². The summed E-state index contributed by atoms with van der Waals surface area (Å²) < 4.78 is 50.7. The zero-order chi connectivity index (χ0) is 40.7. The number of rotatable bonds is 22. The average molecular weight is 826 g/mol. The molecule has 1 aromatic heterocycles. The zero-order valence-electron chi connectivity index (χ0n) is 32.5. The minimum atomic E-state index is -0.513. The number of methoxy groups -OCH3 is 1. The summed E-state index contributed by atoms with van der Waals surface area (Å²) in [5.74, 6) is 0.0531. The van der Waals surface area contributed by atoms with E-state index in [9.17, 15) is 4.79 Å². The molecule has 0 N–H and O–H groups in total. The van der Waals surface area contributed by atoms with Crippen molar-refractivity contribution in [1.29, 1.82) is 0 Å². The minimum absolute atomic E-state index is 0.114. The molecule has 0 amide bonds. The fourth-order valence-corrected chi connectivity index (χ4v) is 7.02. The summed E-state index contributed by atoms with van der Waals surface area (Å²) in [6.07, 6.45) is 5.22. The first-order chi connectivity index (χ1) is 28.4. The summed E-state index contributed by atoms with van der Waals surface area (Å²) in [7, 11) is 1.62. The molecule has 10 nitrogen and oxygen atoms in total. The number of ether oxygens (including phenoxy) is 6. The summed E-state index contributed by atoms with van der Waals surface area (Å²) in [6, 6.07) is 28.5. The van der Waals surface area contributed by atoms with E-state index < -0.39 is 11.8 Å². The highest BCUT2D eigenvalue weighted by Gasteiger charge is 2.17. The standard InChI is InChI=1S/C45H45ClFN3O7S/c1-4-9-31-12-14-32(15-13-31)28-57-39-21-20-38(36(43(39)46)27-48-50(30-53-25-24-52-3)45-49-37-10-6-7-11-41(37)58-45)56-29-33-16-18-35-34(26-33)17-19-40(44(35)47)54-22-8-23-55-42(51)5-2/h5-7,10-21,26-27H,2,4,8-9,22-25,28-30H2,1,3H3/b48-27+. The maximum atomic E-state index is 15.4. The Balaban J connectivity index is 1.23. The van der Waals surface area contributed by atoms with Gasteiger partial charge in [0.2, 0.25) is 5.13 Å². The average Bonchev–Trinajstić information content (AvgIpc) is 3.68. The topological polar surface area (TPSA) is 101 Å². The SMILES string of the molecule is C=CC(=O)OCCCOc1ccc2cc(COc3ccc(OCc4ccc(CCC)cc4)c(Cl)c3/C=N/N(COCCOC)c3nc4ccccc4s3)ccc2c1F. The molecule has 1 heterocycles. The lowest BCUT2D eigenvalue weighted by Gasteiger charge is -2.18. The molecule has 0 fully saturated rings. The Kier molecular flexibility index (Phi) is 15.4. The molecule has 0 aliphatic rings. The summed E-state index contributed by atoms with van der Waals surface area (Å²) >= 11 is 8.59. The molecule has 0 aliphatic heterocycles. The second-order valence-electron chi connectivity index (χ2n) is 13.1. The Bertz CT molecular complexity index is 2300. The maximum Gasteiger partial charge on any atom is 0.330 e. The Morgan fingerprint density at radius 2 is 1.62 bits per heavy atom. The van der Waals surface area contributed by atoms with Crippen LogP contribution < -0.4 is 19.2 Å². The number of nitrogens with zero attached hydrogens (tertiary/aromatic N) is 3. The van der Waals surface area contributed by atoms with Gasteiger partial charge in [-0.05, 0) is 64.9 Å². The summed E-state index contributed by atoms with van der Waals surface area (Å²) in [5, 5.41) is 8.52. The van der Waals surface area contributed by atoms with Crippen molar-refractivity contribution in [2.75, 3.05) is 45.3 Å². The van der Waals surface area contributed by atoms with Gasteiger partial charge in [-0.15, -0.1) is 0 Å². The number of esters is 1. The second kappa shape index (κ2) is 21.3. The number of carbonyl (C=O) groups excluding carboxylic acids is 1. The maximum absolute atomic E-state index is 15.4. The van der Waals surface area contributed by atoms with Gasteiger partial charge in [0.15, 0.2) is 11.6 Å². The van der Waals surface area contributed by atoms with E-state index in [-0.39, 0.29) is 32.3 Å². The van der Waals surface area contributed by atoms with Gasteiger partial charge < -0.3 is 28.4 Å². The number of halogens is 2. The third-order valence-electron chi connectivity index (χ3n) is 8.87. The molecule has 0 bridgehead atoms. The van der Waals surface area contributed by atoms with E-state index >= 15 is 4.39 Å². The lowest BCUT2D eigenvalue weighted by atomic mass is 10.1. The van der Waals surface area contributed by atoms with Gasteiger partial charge in [0.25, 0.3) is 0 Å². The van der Waals surface area contributed by atoms with E-state index in [2.05, 4.69) is 37.8 Å². The number of aryl methyl sites for hydroxylation is 1. The van der Waals surface area contributed by atoms with Gasteiger partial charge in [-0.25, -0.2) is 19.2 Å². The molecule has 6 rings (SSSR count). The van der Waals surface area contributed by atoms with E-state index in [4.69, 9.17) is 50.1 Å². The number of thiazole rings is 1. The highest BCUT2D eigenvalue weighted by Crippen LogP contribution is 2.36. The highest BCUT2D eigenvalue weighted by atomic mass is 35.5. The van der Waals surface area contributed by atoms with Crippen LogP contribution in [-0.2, 0) is 38.6 Å². The number of hydrogen-bond acceptors (Lipinski definition) is 11. The molecule has 0 radical (unpaired) electrons. The van der Waals surface area contributed by atoms with Crippen LogP contribution in [0.2, 0.25) is 5.02 Å². The third-order valence-corrected chi connectivity index (χ3v) is 10.3. The molecule has 0 saturated heterocycles. The molecular weight excluding hydrogens is 781 g/mol. The van der Waals surface area contributed by atoms with Crippen LogP contribution in [0.15, 0.2) is 109 Å². The summed E-state index contributed by atoms with van der Waals surface area (Å²) in [6.45, 7) is 7.24. The second-order valence-corrected chi connectivity index (χ2v) is 14.5. The lowest BCUT2D eigenvalue weighted by Crippen LogP contribution is -2.21. The van der Waals surface area contributed by atoms with Crippen LogP contribution in [0, 0.1) is 5.82 Å². The lowest BCUT2D eigenvalue weighted by molar-refractivity contribution is -0.137. The number of carbonyl (C=O) groups is 1. The number of benzene rings is 5. The van der Waals surface area contributed by atoms with E-state index in [1.807, 2.05) is 30.3 Å². The summed E-state index contributed by atoms with van der Waals surface area (Å²) in [4.78, 5) is 16.0. The molecular formula is C45H45ClFN3O7S. The van der Waals surface area contributed by atoms with Crippen molar-refractivity contribution in [1.82, 2.24) is 4.98 Å². The molecule has 0 aliphatic carbocycles. The predicted octanol–water partition coefficient (Wildman–Crippen LogP) is 10.3. The first kappa shape index (κ1) is 42.1. The van der Waals surface area contributed by atoms with E-state index in [0.29, 0.717) is 64.2 Å². The Hall–Kier alpha value is -5.53. The number of fused-ring (bicyclic) bond motifs is 2. The first-order valence-corrected chi connectivity index (χ1v) is 20.1. The Morgan fingerprint density at radius 1 is 0.879 bits per heavy atom. The molecule has 0 spiro atoms. The Labute approximate surface area is 346 Å². The van der Waals surface area contributed by atoms with Gasteiger partial charge in [0.05, 0.1) is 53.4 Å². The van der Waals surface area contributed by atoms with Crippen molar-refractivity contribution in [2.45, 2.75) is 39.4 Å². The van der Waals surface area contributed by atoms with Crippen LogP contribution in [0.1, 0.15) is 42.0 Å². The number of para-hydroxylation sites is 1. The minimum Gasteiger partial charge on any atom is -0.490 e. The smallest absolute Gasteiger partial charge is 0.330 e. The van der Waals surface area contributed by atoms with Crippen LogP contribution in [0.4, 0.5) is 9.52 Å². The van der Waals surface area contributed by atoms with Gasteiger partial charge in [0.1, 0.15) is 31.4 Å². The van der Waals surface area contributed by atoms with E-state index in [1.54, 1.807) is 54.7 Å². The number of aromatic nitrogens is 1. The van der Waals surface area contributed by atoms with Crippen molar-refractivity contribution in [3.05, 3.63) is 137 Å². The van der Waals surface area contributed by atoms with Crippen LogP contribution in [0.5, 0.6) is 17.2 Å². The molecule has 58 heavy (non-hydrogen) atoms. The van der Waals surface area contributed by atoms with Gasteiger partial charge in [-0.3, -0.25) is 0 Å². The Morgan fingerprint density at radius 3 is 2.41 bits per heavy atom. The van der Waals surface area contributed by atoms with Crippen molar-refractivity contribution < 1.29 is 37.6 Å². The summed E-state index contributed by atoms with van der Waals surface area (Å²) in [5.41, 5.74) is 4.44. The van der Waals surface area contributed by atoms with Gasteiger partial charge in [0, 0.05) is 25.0 Å². The van der Waals surface area contributed by atoms with Crippen molar-refractivity contribution >= 4 is 61.2 Å². The largest absolute Gasteiger partial charge is 0.490 e. The molecule has 0 unspecified atom stereocenters. The molecule has 0 atom stereocenters. The molecule has 6 aromatic rings. The monoisotopic (exact) mass is 825 g/mol. The predicted molar refractivity (Wildman–Crippen MR) is 228 cm³/mol. The quantitative estimate of drug-likeness (QED) is 0.0165.